The zero-order chi connectivity index (χ0) is 38.1. The maximum absolute atomic E-state index is 6.05. The first-order valence-electron chi connectivity index (χ1n) is 16.4. The van der Waals surface area contributed by atoms with E-state index in [-0.39, 0.29) is 0 Å². The second kappa shape index (κ2) is 19.6. The van der Waals surface area contributed by atoms with Gasteiger partial charge in [-0.1, -0.05) is 74.1 Å². The van der Waals surface area contributed by atoms with E-state index in [9.17, 15) is 0 Å². The second-order valence-electron chi connectivity index (χ2n) is 14.0. The minimum Gasteiger partial charge on any atom is -0.361 e. The molecule has 0 aliphatic heterocycles. The van der Waals surface area contributed by atoms with E-state index in [4.69, 9.17) is 44.3 Å². The van der Waals surface area contributed by atoms with E-state index in [1.807, 2.05) is 34.0 Å². The molecule has 0 radical (unpaired) electrons. The summed E-state index contributed by atoms with van der Waals surface area (Å²) < 4.78 is 15.5. The van der Waals surface area contributed by atoms with Crippen LogP contribution in [0.3, 0.4) is 0 Å². The number of hydrogen-bond donors (Lipinski definition) is 1. The summed E-state index contributed by atoms with van der Waals surface area (Å²) in [5, 5.41) is 4.07. The first-order chi connectivity index (χ1) is 24.6. The van der Waals surface area contributed by atoms with Crippen LogP contribution in [0.15, 0.2) is 52.3 Å². The fraction of sp³-hybridized carbons (Fsp3) is 0.455. The number of imidazole rings is 3. The Morgan fingerprint density at radius 3 is 1.77 bits per heavy atom. The average Bonchev–Trinajstić information content (AvgIpc) is 3.82. The summed E-state index contributed by atoms with van der Waals surface area (Å²) in [5.74, 6) is 0. The third-order valence-electron chi connectivity index (χ3n) is 7.45. The van der Waals surface area contributed by atoms with Gasteiger partial charge in [-0.2, -0.15) is 0 Å². The van der Waals surface area contributed by atoms with Crippen molar-refractivity contribution in [3.63, 3.8) is 0 Å². The lowest BCUT2D eigenvalue weighted by atomic mass is 10.4. The lowest BCUT2D eigenvalue weighted by molar-refractivity contribution is 0.0895. The summed E-state index contributed by atoms with van der Waals surface area (Å²) in [4.78, 5) is 28.7. The molecule has 0 saturated carbocycles. The highest BCUT2D eigenvalue weighted by Gasteiger charge is 2.15. The standard InChI is InChI=1S/2C13H20ClN3OSSi.C7H6ClN3S/c1-19-13-12-10(7-11(14)16-13)17(8-15-12)9-18-5-6-20(2,3)4;1-19-13-12-10(7-11(14)16-13)15-8-17(12)9-18-5-6-20(2,3)4;1-12-7-6-4(9-3-10-6)2-5(8)11-7/h2*7-8H,5-6,9H2,1-4H3;2-3H,1H3,(H,9,10). The summed E-state index contributed by atoms with van der Waals surface area (Å²) in [5.41, 5.74) is 5.53. The van der Waals surface area contributed by atoms with Crippen molar-refractivity contribution in [1.82, 2.24) is 44.0 Å². The van der Waals surface area contributed by atoms with Crippen LogP contribution in [0.2, 0.25) is 66.8 Å². The molecule has 0 amide bonds. The monoisotopic (exact) mass is 857 g/mol. The van der Waals surface area contributed by atoms with Gasteiger partial charge in [0.15, 0.2) is 0 Å². The molecule has 19 heteroatoms. The first-order valence-corrected chi connectivity index (χ1v) is 28.6. The molecule has 1 N–H and O–H groups in total. The van der Waals surface area contributed by atoms with E-state index in [1.165, 1.54) is 17.8 Å². The van der Waals surface area contributed by atoms with Gasteiger partial charge < -0.3 is 23.6 Å². The van der Waals surface area contributed by atoms with Crippen molar-refractivity contribution in [2.24, 2.45) is 0 Å². The summed E-state index contributed by atoms with van der Waals surface area (Å²) in [6.07, 6.45) is 11.1. The van der Waals surface area contributed by atoms with Crippen LogP contribution >= 0.6 is 70.1 Å². The lowest BCUT2D eigenvalue weighted by Gasteiger charge is -2.15. The maximum atomic E-state index is 6.05. The number of ether oxygens (including phenoxy) is 2. The molecular weight excluding hydrogens is 813 g/mol. The molecule has 6 aromatic heterocycles. The maximum Gasteiger partial charge on any atom is 0.132 e. The Bertz CT molecular complexity index is 2070. The van der Waals surface area contributed by atoms with Gasteiger partial charge in [0.05, 0.1) is 35.5 Å². The summed E-state index contributed by atoms with van der Waals surface area (Å²) in [6.45, 7) is 16.7. The van der Waals surface area contributed by atoms with E-state index in [0.717, 1.165) is 67.4 Å². The van der Waals surface area contributed by atoms with E-state index >= 15 is 0 Å². The number of aromatic amines is 1. The van der Waals surface area contributed by atoms with Crippen molar-refractivity contribution in [1.29, 1.82) is 0 Å². The van der Waals surface area contributed by atoms with Crippen LogP contribution in [0.5, 0.6) is 0 Å². The van der Waals surface area contributed by atoms with Crippen molar-refractivity contribution in [2.75, 3.05) is 32.0 Å². The molecule has 52 heavy (non-hydrogen) atoms. The number of thioether (sulfide) groups is 3. The van der Waals surface area contributed by atoms with Gasteiger partial charge in [-0.05, 0) is 30.9 Å². The molecule has 0 saturated heterocycles. The Morgan fingerprint density at radius 1 is 0.654 bits per heavy atom. The molecule has 6 heterocycles. The largest absolute Gasteiger partial charge is 0.361 e. The van der Waals surface area contributed by atoms with Crippen LogP contribution in [-0.2, 0) is 22.9 Å². The van der Waals surface area contributed by atoms with Gasteiger partial charge >= 0.3 is 0 Å². The Kier molecular flexibility index (Phi) is 16.2. The van der Waals surface area contributed by atoms with Crippen molar-refractivity contribution in [2.45, 2.75) is 79.9 Å². The molecule has 0 unspecified atom stereocenters. The smallest absolute Gasteiger partial charge is 0.132 e. The van der Waals surface area contributed by atoms with Crippen LogP contribution < -0.4 is 0 Å². The molecule has 0 aliphatic rings. The molecule has 6 aromatic rings. The summed E-state index contributed by atoms with van der Waals surface area (Å²) in [6, 6.07) is 7.72. The number of nitrogens with one attached hydrogen (secondary N) is 1. The van der Waals surface area contributed by atoms with Gasteiger partial charge in [-0.3, -0.25) is 0 Å². The van der Waals surface area contributed by atoms with Crippen LogP contribution in [0.25, 0.3) is 33.1 Å². The van der Waals surface area contributed by atoms with E-state index in [0.29, 0.717) is 28.9 Å². The van der Waals surface area contributed by atoms with Crippen LogP contribution in [0, 0.1) is 0 Å². The highest BCUT2D eigenvalue weighted by molar-refractivity contribution is 7.99. The molecular formula is C33H46Cl3N9O2S3Si2. The molecule has 282 valence electrons. The second-order valence-corrected chi connectivity index (χ2v) is 28.8. The predicted molar refractivity (Wildman–Crippen MR) is 228 cm³/mol. The zero-order valence-corrected chi connectivity index (χ0v) is 37.7. The molecule has 11 nitrogen and oxygen atoms in total. The molecule has 0 aliphatic carbocycles. The lowest BCUT2D eigenvalue weighted by Crippen LogP contribution is -2.22. The number of hydrogen-bond acceptors (Lipinski definition) is 11. The van der Waals surface area contributed by atoms with E-state index in [1.54, 1.807) is 54.6 Å². The summed E-state index contributed by atoms with van der Waals surface area (Å²) >= 11 is 22.5. The molecule has 6 rings (SSSR count). The molecule has 0 atom stereocenters. The van der Waals surface area contributed by atoms with Gasteiger partial charge in [0, 0.05) is 47.6 Å². The number of fused-ring (bicyclic) bond motifs is 3. The van der Waals surface area contributed by atoms with Crippen LogP contribution in [-0.4, -0.2) is 92.2 Å². The fourth-order valence-electron chi connectivity index (χ4n) is 4.63. The average molecular weight is 860 g/mol. The van der Waals surface area contributed by atoms with Gasteiger partial charge in [0.1, 0.15) is 60.5 Å². The van der Waals surface area contributed by atoms with Crippen molar-refractivity contribution in [3.8, 4) is 0 Å². The Labute approximate surface area is 335 Å². The number of H-pyrrole nitrogens is 1. The molecule has 0 fully saturated rings. The number of rotatable bonds is 13. The van der Waals surface area contributed by atoms with Crippen molar-refractivity contribution < 1.29 is 9.47 Å². The molecule has 0 spiro atoms. The highest BCUT2D eigenvalue weighted by Crippen LogP contribution is 2.28. The molecule has 0 aromatic carbocycles. The highest BCUT2D eigenvalue weighted by atomic mass is 35.5. The van der Waals surface area contributed by atoms with Gasteiger partial charge in [0.2, 0.25) is 0 Å². The van der Waals surface area contributed by atoms with Gasteiger partial charge in [-0.15, -0.1) is 35.3 Å². The number of nitrogens with zero attached hydrogens (tertiary/aromatic N) is 8. The Morgan fingerprint density at radius 2 is 1.17 bits per heavy atom. The molecule has 0 bridgehead atoms. The van der Waals surface area contributed by atoms with E-state index in [2.05, 4.69) is 74.2 Å². The first kappa shape index (κ1) is 42.9. The Hall–Kier alpha value is -1.87. The number of aromatic nitrogens is 9. The van der Waals surface area contributed by atoms with Gasteiger partial charge in [-0.25, -0.2) is 29.9 Å². The SMILES string of the molecule is CSc1nc(Cl)cc2[nH]cnc12.CSc1nc(Cl)cc2c1ncn2COCC[Si](C)(C)C.CSc1nc(Cl)cc2ncn(COCC[Si](C)(C)C)c12. The van der Waals surface area contributed by atoms with Crippen molar-refractivity contribution >= 4 is 119 Å². The third kappa shape index (κ3) is 12.6. The number of pyridine rings is 3. The Balaban J connectivity index is 0.000000180. The summed E-state index contributed by atoms with van der Waals surface area (Å²) in [7, 11) is -2.08. The fourth-order valence-corrected chi connectivity index (χ4v) is 8.55. The van der Waals surface area contributed by atoms with Crippen LogP contribution in [0.1, 0.15) is 0 Å². The third-order valence-corrected chi connectivity index (χ3v) is 13.5. The normalized spacial score (nSPS) is 11.9. The quantitative estimate of drug-likeness (QED) is 0.0517. The van der Waals surface area contributed by atoms with Gasteiger partial charge in [0.25, 0.3) is 0 Å². The van der Waals surface area contributed by atoms with E-state index < -0.39 is 16.1 Å². The topological polar surface area (TPSA) is 121 Å². The minimum atomic E-state index is -1.04. The van der Waals surface area contributed by atoms with Crippen molar-refractivity contribution in [3.05, 3.63) is 52.6 Å². The predicted octanol–water partition coefficient (Wildman–Crippen LogP) is 10.6. The zero-order valence-electron chi connectivity index (χ0n) is 31.0. The minimum absolute atomic E-state index is 0.478. The van der Waals surface area contributed by atoms with Crippen LogP contribution in [0.4, 0.5) is 0 Å². The number of halogens is 3.